The summed E-state index contributed by atoms with van der Waals surface area (Å²) in [7, 11) is -1.37. The van der Waals surface area contributed by atoms with E-state index in [4.69, 9.17) is 30.2 Å². The number of hydrogen-bond acceptors (Lipinski definition) is 6. The molecule has 4 rings (SSSR count). The Hall–Kier alpha value is -2.58. The molecule has 0 spiro atoms. The number of aromatic nitrogens is 1. The highest BCUT2D eigenvalue weighted by atomic mass is 31.1. The molecule has 0 amide bonds. The Morgan fingerprint density at radius 1 is 1.19 bits per heavy atom. The molecule has 2 fully saturated rings. The molecule has 2 heterocycles. The molecule has 1 aromatic carbocycles. The first kappa shape index (κ1) is 26.5. The number of rotatable bonds is 11. The molecule has 9 nitrogen and oxygen atoms in total. The third-order valence-corrected chi connectivity index (χ3v) is 8.56. The first-order valence-corrected chi connectivity index (χ1v) is 13.9. The molecular weight excluding hydrogens is 479 g/mol. The minimum atomic E-state index is -1.37. The van der Waals surface area contributed by atoms with Crippen molar-refractivity contribution in [1.82, 2.24) is 4.98 Å². The van der Waals surface area contributed by atoms with Crippen molar-refractivity contribution in [3.63, 3.8) is 0 Å². The van der Waals surface area contributed by atoms with Crippen molar-refractivity contribution < 1.29 is 23.8 Å². The Morgan fingerprint density at radius 2 is 1.97 bits per heavy atom. The molecule has 4 N–H and O–H groups in total. The summed E-state index contributed by atoms with van der Waals surface area (Å²) in [6.45, 7) is 2.11. The first-order valence-electron chi connectivity index (χ1n) is 12.6. The highest BCUT2D eigenvalue weighted by molar-refractivity contribution is 7.62. The zero-order chi connectivity index (χ0) is 25.3. The monoisotopic (exact) mass is 514 g/mol. The molecule has 0 bridgehead atoms. The van der Waals surface area contributed by atoms with E-state index >= 15 is 0 Å². The number of aliphatic imine (C=N–C) groups is 1. The molecule has 10 heteroatoms. The molecule has 1 saturated carbocycles. The Morgan fingerprint density at radius 3 is 2.72 bits per heavy atom. The van der Waals surface area contributed by atoms with Crippen molar-refractivity contribution in [3.8, 4) is 0 Å². The van der Waals surface area contributed by atoms with E-state index in [2.05, 4.69) is 9.98 Å². The van der Waals surface area contributed by atoms with Crippen LogP contribution >= 0.6 is 8.15 Å². The maximum atomic E-state index is 12.9. The number of carbonyl (C=O) groups is 1. The van der Waals surface area contributed by atoms with Crippen LogP contribution in [0.5, 0.6) is 0 Å². The van der Waals surface area contributed by atoms with Crippen LogP contribution in [0.4, 0.5) is 0 Å². The summed E-state index contributed by atoms with van der Waals surface area (Å²) in [5.74, 6) is 0.0268. The SMILES string of the molecule is CC(C(=O)OC1CCCCC1)P(OOCC1CCC(c2ccc(/C(N)=N\C=N)[nH]2)O1)c1ccccc1. The molecule has 1 aromatic heterocycles. The largest absolute Gasteiger partial charge is 0.462 e. The van der Waals surface area contributed by atoms with Crippen molar-refractivity contribution in [1.29, 1.82) is 5.41 Å². The Labute approximate surface area is 213 Å². The molecule has 2 aliphatic rings. The molecule has 2 aromatic rings. The fourth-order valence-electron chi connectivity index (χ4n) is 4.56. The van der Waals surface area contributed by atoms with Crippen LogP contribution in [0.2, 0.25) is 0 Å². The summed E-state index contributed by atoms with van der Waals surface area (Å²) in [5, 5.41) is 7.98. The van der Waals surface area contributed by atoms with Gasteiger partial charge in [0.25, 0.3) is 0 Å². The standard InChI is InChI=1S/C26H35N4O5P/c1-18(26(31)34-19-8-4-2-5-9-19)36(21-10-6-3-7-11-21)35-32-16-20-12-15-24(33-20)22-13-14-23(30-22)25(28)29-17-27/h3,6-7,10-11,13-14,17-20,24,30H,2,4-5,8-9,12,15-16H2,1H3,(H3,27,28,29). The average molecular weight is 515 g/mol. The lowest BCUT2D eigenvalue weighted by molar-refractivity contribution is -0.220. The molecule has 4 unspecified atom stereocenters. The molecule has 1 aliphatic heterocycles. The fraction of sp³-hybridized carbons (Fsp3) is 0.500. The third-order valence-electron chi connectivity index (χ3n) is 6.57. The zero-order valence-electron chi connectivity index (χ0n) is 20.6. The second-order valence-corrected chi connectivity index (χ2v) is 11.3. The van der Waals surface area contributed by atoms with E-state index in [-0.39, 0.29) is 36.7 Å². The van der Waals surface area contributed by atoms with Gasteiger partial charge in [0.2, 0.25) is 0 Å². The molecule has 36 heavy (non-hydrogen) atoms. The van der Waals surface area contributed by atoms with Gasteiger partial charge < -0.3 is 20.2 Å². The van der Waals surface area contributed by atoms with Crippen LogP contribution in [0.25, 0.3) is 0 Å². The highest BCUT2D eigenvalue weighted by Crippen LogP contribution is 2.43. The van der Waals surface area contributed by atoms with Crippen molar-refractivity contribution in [2.45, 2.75) is 75.8 Å². The van der Waals surface area contributed by atoms with Gasteiger partial charge in [0.15, 0.2) is 0 Å². The number of esters is 1. The number of ether oxygens (including phenoxy) is 2. The molecule has 0 radical (unpaired) electrons. The van der Waals surface area contributed by atoms with Crippen LogP contribution in [0.15, 0.2) is 47.5 Å². The second kappa shape index (κ2) is 13.1. The van der Waals surface area contributed by atoms with Crippen LogP contribution in [0.1, 0.15) is 69.4 Å². The minimum absolute atomic E-state index is 0.00583. The predicted octanol–water partition coefficient (Wildman–Crippen LogP) is 4.48. The summed E-state index contributed by atoms with van der Waals surface area (Å²) in [6.07, 6.45) is 7.61. The van der Waals surface area contributed by atoms with Crippen molar-refractivity contribution in [2.75, 3.05) is 6.61 Å². The molecule has 1 aliphatic carbocycles. The number of aromatic amines is 1. The van der Waals surface area contributed by atoms with Crippen LogP contribution in [0, 0.1) is 5.41 Å². The van der Waals surface area contributed by atoms with Gasteiger partial charge in [-0.15, -0.1) is 0 Å². The first-order chi connectivity index (χ1) is 17.5. The van der Waals surface area contributed by atoms with Gasteiger partial charge in [-0.2, -0.15) is 0 Å². The third kappa shape index (κ3) is 7.01. The van der Waals surface area contributed by atoms with E-state index in [1.165, 1.54) is 6.42 Å². The number of amidine groups is 1. The predicted molar refractivity (Wildman–Crippen MR) is 140 cm³/mol. The lowest BCUT2D eigenvalue weighted by Crippen LogP contribution is -2.29. The summed E-state index contributed by atoms with van der Waals surface area (Å²) in [6, 6.07) is 13.5. The van der Waals surface area contributed by atoms with E-state index < -0.39 is 13.8 Å². The van der Waals surface area contributed by atoms with E-state index in [0.717, 1.165) is 55.9 Å². The lowest BCUT2D eigenvalue weighted by atomic mass is 9.98. The Kier molecular flexibility index (Phi) is 9.64. The Bertz CT molecular complexity index is 1020. The number of nitrogens with one attached hydrogen (secondary N) is 2. The number of nitrogens with zero attached hydrogens (tertiary/aromatic N) is 1. The van der Waals surface area contributed by atoms with Gasteiger partial charge in [-0.1, -0.05) is 36.8 Å². The van der Waals surface area contributed by atoms with Crippen LogP contribution in [0.3, 0.4) is 0 Å². The van der Waals surface area contributed by atoms with E-state index in [0.29, 0.717) is 5.69 Å². The van der Waals surface area contributed by atoms with Gasteiger partial charge in [-0.05, 0) is 57.6 Å². The molecule has 1 saturated heterocycles. The van der Waals surface area contributed by atoms with Gasteiger partial charge >= 0.3 is 5.97 Å². The number of benzene rings is 1. The molecule has 194 valence electrons. The van der Waals surface area contributed by atoms with E-state index in [9.17, 15) is 4.79 Å². The minimum Gasteiger partial charge on any atom is -0.462 e. The van der Waals surface area contributed by atoms with Crippen molar-refractivity contribution in [3.05, 3.63) is 53.9 Å². The van der Waals surface area contributed by atoms with Crippen LogP contribution in [-0.2, 0) is 23.8 Å². The lowest BCUT2D eigenvalue weighted by Gasteiger charge is -2.26. The normalized spacial score (nSPS) is 22.8. The summed E-state index contributed by atoms with van der Waals surface area (Å²) < 4.78 is 17.9. The van der Waals surface area contributed by atoms with Gasteiger partial charge in [0, 0.05) is 11.0 Å². The number of H-pyrrole nitrogens is 1. The van der Waals surface area contributed by atoms with Crippen molar-refractivity contribution in [2.24, 2.45) is 10.7 Å². The quantitative estimate of drug-likeness (QED) is 0.101. The number of carbonyl (C=O) groups excluding carboxylic acids is 1. The number of hydrogen-bond donors (Lipinski definition) is 3. The van der Waals surface area contributed by atoms with Gasteiger partial charge in [0.1, 0.15) is 38.7 Å². The molecule has 4 atom stereocenters. The topological polar surface area (TPSA) is 132 Å². The molecular formula is C26H35N4O5P. The maximum Gasteiger partial charge on any atom is 0.316 e. The highest BCUT2D eigenvalue weighted by Gasteiger charge is 2.33. The average Bonchev–Trinajstić information content (AvgIpc) is 3.58. The van der Waals surface area contributed by atoms with Crippen molar-refractivity contribution >= 4 is 31.6 Å². The zero-order valence-corrected chi connectivity index (χ0v) is 21.5. The van der Waals surface area contributed by atoms with Crippen LogP contribution in [-0.4, -0.2) is 47.6 Å². The van der Waals surface area contributed by atoms with Gasteiger partial charge in [0.05, 0.1) is 17.9 Å². The summed E-state index contributed by atoms with van der Waals surface area (Å²) >= 11 is 0. The van der Waals surface area contributed by atoms with E-state index in [1.807, 2.05) is 49.4 Å². The van der Waals surface area contributed by atoms with Crippen LogP contribution < -0.4 is 11.0 Å². The summed E-state index contributed by atoms with van der Waals surface area (Å²) in [4.78, 5) is 25.6. The maximum absolute atomic E-state index is 12.9. The number of nitrogens with two attached hydrogens (primary N) is 1. The summed E-state index contributed by atoms with van der Waals surface area (Å²) in [5.41, 5.74) is 6.95. The van der Waals surface area contributed by atoms with E-state index in [1.54, 1.807) is 0 Å². The smallest absolute Gasteiger partial charge is 0.316 e. The Balaban J connectivity index is 1.31. The fourth-order valence-corrected chi connectivity index (χ4v) is 6.11. The second-order valence-electron chi connectivity index (χ2n) is 9.19. The van der Waals surface area contributed by atoms with Gasteiger partial charge in [-0.25, -0.2) is 14.6 Å². The van der Waals surface area contributed by atoms with Gasteiger partial charge in [-0.3, -0.25) is 10.2 Å².